The van der Waals surface area contributed by atoms with E-state index in [9.17, 15) is 17.6 Å². The van der Waals surface area contributed by atoms with Gasteiger partial charge in [0.1, 0.15) is 18.2 Å². The molecule has 0 radical (unpaired) electrons. The number of halogens is 4. The summed E-state index contributed by atoms with van der Waals surface area (Å²) in [5.41, 5.74) is 4.89. The SMILES string of the molecule is Nc1ccc(OCc2cccc(C(F)(F)F)c2)cc1F. The number of rotatable bonds is 3. The van der Waals surface area contributed by atoms with Crippen LogP contribution in [0.5, 0.6) is 5.75 Å². The van der Waals surface area contributed by atoms with Crippen LogP contribution in [-0.4, -0.2) is 0 Å². The molecule has 2 nitrogen and oxygen atoms in total. The Morgan fingerprint density at radius 3 is 2.45 bits per heavy atom. The van der Waals surface area contributed by atoms with Crippen molar-refractivity contribution in [2.75, 3.05) is 5.73 Å². The van der Waals surface area contributed by atoms with Crippen molar-refractivity contribution in [3.05, 3.63) is 59.4 Å². The van der Waals surface area contributed by atoms with Crippen LogP contribution < -0.4 is 10.5 Å². The number of nitrogen functional groups attached to an aromatic ring is 1. The van der Waals surface area contributed by atoms with E-state index in [2.05, 4.69) is 0 Å². The Balaban J connectivity index is 2.09. The molecule has 0 saturated carbocycles. The van der Waals surface area contributed by atoms with Gasteiger partial charge in [-0.05, 0) is 29.8 Å². The zero-order chi connectivity index (χ0) is 14.8. The summed E-state index contributed by atoms with van der Waals surface area (Å²) in [5.74, 6) is -0.430. The number of benzene rings is 2. The molecule has 2 rings (SSSR count). The first-order chi connectivity index (χ1) is 9.36. The Bertz CT molecular complexity index is 610. The van der Waals surface area contributed by atoms with Crippen molar-refractivity contribution in [3.63, 3.8) is 0 Å². The number of hydrogen-bond acceptors (Lipinski definition) is 2. The molecule has 0 aliphatic rings. The number of anilines is 1. The smallest absolute Gasteiger partial charge is 0.416 e. The largest absolute Gasteiger partial charge is 0.489 e. The van der Waals surface area contributed by atoms with Crippen LogP contribution in [0.3, 0.4) is 0 Å². The first-order valence-electron chi connectivity index (χ1n) is 5.70. The molecule has 0 aliphatic heterocycles. The Labute approximate surface area is 112 Å². The molecule has 20 heavy (non-hydrogen) atoms. The topological polar surface area (TPSA) is 35.2 Å². The molecule has 0 aliphatic carbocycles. The highest BCUT2D eigenvalue weighted by Crippen LogP contribution is 2.29. The van der Waals surface area contributed by atoms with E-state index in [4.69, 9.17) is 10.5 Å². The predicted octanol–water partition coefficient (Wildman–Crippen LogP) is 4.01. The fourth-order valence-electron chi connectivity index (χ4n) is 1.60. The van der Waals surface area contributed by atoms with Gasteiger partial charge in [-0.1, -0.05) is 12.1 Å². The molecule has 0 heterocycles. The van der Waals surface area contributed by atoms with Gasteiger partial charge in [-0.2, -0.15) is 13.2 Å². The van der Waals surface area contributed by atoms with Crippen LogP contribution in [0.25, 0.3) is 0 Å². The fraction of sp³-hybridized carbons (Fsp3) is 0.143. The van der Waals surface area contributed by atoms with E-state index in [1.54, 1.807) is 0 Å². The van der Waals surface area contributed by atoms with Crippen LogP contribution in [0.4, 0.5) is 23.2 Å². The molecule has 2 N–H and O–H groups in total. The monoisotopic (exact) mass is 285 g/mol. The van der Waals surface area contributed by atoms with E-state index in [0.29, 0.717) is 5.56 Å². The van der Waals surface area contributed by atoms with E-state index in [-0.39, 0.29) is 18.0 Å². The van der Waals surface area contributed by atoms with Crippen LogP contribution in [0, 0.1) is 5.82 Å². The molecule has 0 atom stereocenters. The summed E-state index contributed by atoms with van der Waals surface area (Å²) < 4.78 is 56.0. The maximum atomic E-state index is 13.2. The molecule has 106 valence electrons. The van der Waals surface area contributed by atoms with Gasteiger partial charge in [-0.3, -0.25) is 0 Å². The van der Waals surface area contributed by atoms with Crippen molar-refractivity contribution in [1.29, 1.82) is 0 Å². The highest BCUT2D eigenvalue weighted by atomic mass is 19.4. The molecule has 0 aromatic heterocycles. The normalized spacial score (nSPS) is 11.4. The first-order valence-corrected chi connectivity index (χ1v) is 5.70. The summed E-state index contributed by atoms with van der Waals surface area (Å²) in [6.07, 6.45) is -4.40. The number of hydrogen-bond donors (Lipinski definition) is 1. The van der Waals surface area contributed by atoms with Crippen molar-refractivity contribution in [3.8, 4) is 5.75 Å². The molecule has 0 unspecified atom stereocenters. The summed E-state index contributed by atoms with van der Waals surface area (Å²) in [6, 6.07) is 8.64. The Morgan fingerprint density at radius 2 is 1.80 bits per heavy atom. The minimum atomic E-state index is -4.40. The van der Waals surface area contributed by atoms with Gasteiger partial charge >= 0.3 is 6.18 Å². The Kier molecular flexibility index (Phi) is 3.83. The molecule has 2 aromatic carbocycles. The van der Waals surface area contributed by atoms with E-state index in [1.165, 1.54) is 24.3 Å². The maximum Gasteiger partial charge on any atom is 0.416 e. The lowest BCUT2D eigenvalue weighted by molar-refractivity contribution is -0.137. The number of ether oxygens (including phenoxy) is 1. The standard InChI is InChI=1S/C14H11F4NO/c15-12-7-11(4-5-13(12)19)20-8-9-2-1-3-10(6-9)14(16,17)18/h1-7H,8,19H2. The first kappa shape index (κ1) is 14.2. The zero-order valence-electron chi connectivity index (χ0n) is 10.2. The van der Waals surface area contributed by atoms with Gasteiger partial charge in [0.05, 0.1) is 11.3 Å². The summed E-state index contributed by atoms with van der Waals surface area (Å²) >= 11 is 0. The second-order valence-electron chi connectivity index (χ2n) is 4.17. The fourth-order valence-corrected chi connectivity index (χ4v) is 1.60. The average Bonchev–Trinajstić information content (AvgIpc) is 2.39. The summed E-state index contributed by atoms with van der Waals surface area (Å²) in [5, 5.41) is 0. The third kappa shape index (κ3) is 3.40. The second kappa shape index (κ2) is 5.40. The summed E-state index contributed by atoms with van der Waals surface area (Å²) in [7, 11) is 0. The third-order valence-electron chi connectivity index (χ3n) is 2.63. The third-order valence-corrected chi connectivity index (χ3v) is 2.63. The minimum Gasteiger partial charge on any atom is -0.489 e. The molecule has 6 heteroatoms. The Hall–Kier alpha value is -2.24. The van der Waals surface area contributed by atoms with Crippen molar-refractivity contribution < 1.29 is 22.3 Å². The molecule has 0 spiro atoms. The highest BCUT2D eigenvalue weighted by Gasteiger charge is 2.30. The Morgan fingerprint density at radius 1 is 1.05 bits per heavy atom. The number of nitrogens with two attached hydrogens (primary N) is 1. The van der Waals surface area contributed by atoms with E-state index < -0.39 is 17.6 Å². The maximum absolute atomic E-state index is 13.2. The zero-order valence-corrected chi connectivity index (χ0v) is 10.2. The van der Waals surface area contributed by atoms with Gasteiger partial charge in [0.2, 0.25) is 0 Å². The molecule has 0 bridgehead atoms. The van der Waals surface area contributed by atoms with Gasteiger partial charge in [-0.15, -0.1) is 0 Å². The van der Waals surface area contributed by atoms with Crippen molar-refractivity contribution in [2.45, 2.75) is 12.8 Å². The van der Waals surface area contributed by atoms with Crippen LogP contribution in [0.2, 0.25) is 0 Å². The van der Waals surface area contributed by atoms with Crippen LogP contribution in [0.1, 0.15) is 11.1 Å². The lowest BCUT2D eigenvalue weighted by atomic mass is 10.1. The quantitative estimate of drug-likeness (QED) is 0.683. The second-order valence-corrected chi connectivity index (χ2v) is 4.17. The lowest BCUT2D eigenvalue weighted by Gasteiger charge is -2.10. The van der Waals surface area contributed by atoms with Crippen molar-refractivity contribution in [2.24, 2.45) is 0 Å². The van der Waals surface area contributed by atoms with Crippen LogP contribution in [0.15, 0.2) is 42.5 Å². The van der Waals surface area contributed by atoms with Gasteiger partial charge in [0.25, 0.3) is 0 Å². The van der Waals surface area contributed by atoms with E-state index >= 15 is 0 Å². The molecule has 0 saturated heterocycles. The van der Waals surface area contributed by atoms with Crippen molar-refractivity contribution >= 4 is 5.69 Å². The van der Waals surface area contributed by atoms with Gasteiger partial charge < -0.3 is 10.5 Å². The molecular weight excluding hydrogens is 274 g/mol. The van der Waals surface area contributed by atoms with Gasteiger partial charge in [-0.25, -0.2) is 4.39 Å². The lowest BCUT2D eigenvalue weighted by Crippen LogP contribution is -2.06. The molecule has 0 fully saturated rings. The number of alkyl halides is 3. The van der Waals surface area contributed by atoms with Crippen LogP contribution in [-0.2, 0) is 12.8 Å². The van der Waals surface area contributed by atoms with Crippen molar-refractivity contribution in [1.82, 2.24) is 0 Å². The van der Waals surface area contributed by atoms with E-state index in [1.807, 2.05) is 0 Å². The molecule has 2 aromatic rings. The predicted molar refractivity (Wildman–Crippen MR) is 66.6 cm³/mol. The highest BCUT2D eigenvalue weighted by molar-refractivity contribution is 5.43. The van der Waals surface area contributed by atoms with Gasteiger partial charge in [0, 0.05) is 6.07 Å². The average molecular weight is 285 g/mol. The van der Waals surface area contributed by atoms with E-state index in [0.717, 1.165) is 18.2 Å². The van der Waals surface area contributed by atoms with Crippen LogP contribution >= 0.6 is 0 Å². The summed E-state index contributed by atoms with van der Waals surface area (Å²) in [6.45, 7) is -0.0900. The molecular formula is C14H11F4NO. The minimum absolute atomic E-state index is 0.0172. The van der Waals surface area contributed by atoms with Gasteiger partial charge in [0.15, 0.2) is 0 Å². The molecule has 0 amide bonds. The summed E-state index contributed by atoms with van der Waals surface area (Å²) in [4.78, 5) is 0.